The van der Waals surface area contributed by atoms with E-state index in [1.807, 2.05) is 19.9 Å². The Balaban J connectivity index is 2.35. The zero-order valence-corrected chi connectivity index (χ0v) is 11.1. The Morgan fingerprint density at radius 3 is 2.78 bits per heavy atom. The molecular formula is C13H15ClFN3. The fourth-order valence-electron chi connectivity index (χ4n) is 1.71. The van der Waals surface area contributed by atoms with Crippen molar-refractivity contribution >= 4 is 11.6 Å². The molecule has 1 aromatic carbocycles. The van der Waals surface area contributed by atoms with Crippen LogP contribution in [-0.2, 0) is 6.54 Å². The van der Waals surface area contributed by atoms with E-state index in [1.165, 1.54) is 12.1 Å². The van der Waals surface area contributed by atoms with E-state index in [1.54, 1.807) is 10.9 Å². The average molecular weight is 268 g/mol. The molecule has 0 aliphatic heterocycles. The van der Waals surface area contributed by atoms with Gasteiger partial charge in [-0.05, 0) is 37.2 Å². The summed E-state index contributed by atoms with van der Waals surface area (Å²) in [5, 5.41) is 7.98. The van der Waals surface area contributed by atoms with Crippen molar-refractivity contribution in [2.75, 3.05) is 6.54 Å². The quantitative estimate of drug-likeness (QED) is 0.923. The first-order valence-corrected chi connectivity index (χ1v) is 6.20. The van der Waals surface area contributed by atoms with Gasteiger partial charge in [0.05, 0.1) is 16.4 Å². The second-order valence-corrected chi connectivity index (χ2v) is 4.51. The highest BCUT2D eigenvalue weighted by molar-refractivity contribution is 6.31. The van der Waals surface area contributed by atoms with Gasteiger partial charge in [-0.3, -0.25) is 0 Å². The van der Waals surface area contributed by atoms with Gasteiger partial charge in [0.2, 0.25) is 0 Å². The molecule has 0 saturated heterocycles. The number of aryl methyl sites for hydroxylation is 1. The SMILES string of the molecule is CCNCc1cc(F)cc(-n2cc(Cl)c(C)n2)c1. The van der Waals surface area contributed by atoms with Crippen LogP contribution in [0.4, 0.5) is 4.39 Å². The molecule has 0 amide bonds. The first kappa shape index (κ1) is 13.1. The molecule has 1 heterocycles. The summed E-state index contributed by atoms with van der Waals surface area (Å²) in [6.45, 7) is 5.31. The van der Waals surface area contributed by atoms with E-state index in [0.717, 1.165) is 17.8 Å². The van der Waals surface area contributed by atoms with Crippen LogP contribution in [0.25, 0.3) is 5.69 Å². The topological polar surface area (TPSA) is 29.9 Å². The number of rotatable bonds is 4. The molecule has 96 valence electrons. The van der Waals surface area contributed by atoms with Crippen LogP contribution < -0.4 is 5.32 Å². The molecule has 0 saturated carbocycles. The highest BCUT2D eigenvalue weighted by Gasteiger charge is 2.06. The normalized spacial score (nSPS) is 10.9. The highest BCUT2D eigenvalue weighted by atomic mass is 35.5. The summed E-state index contributed by atoms with van der Waals surface area (Å²) in [4.78, 5) is 0. The Hall–Kier alpha value is -1.39. The Kier molecular flexibility index (Phi) is 3.99. The monoisotopic (exact) mass is 267 g/mol. The number of benzene rings is 1. The van der Waals surface area contributed by atoms with Crippen LogP contribution in [-0.4, -0.2) is 16.3 Å². The Labute approximate surface area is 111 Å². The van der Waals surface area contributed by atoms with Gasteiger partial charge >= 0.3 is 0 Å². The second-order valence-electron chi connectivity index (χ2n) is 4.11. The molecule has 1 aromatic heterocycles. The number of halogens is 2. The zero-order valence-electron chi connectivity index (χ0n) is 10.4. The first-order valence-electron chi connectivity index (χ1n) is 5.82. The number of aromatic nitrogens is 2. The summed E-state index contributed by atoms with van der Waals surface area (Å²) in [5.74, 6) is -0.273. The van der Waals surface area contributed by atoms with Gasteiger partial charge in [-0.25, -0.2) is 9.07 Å². The van der Waals surface area contributed by atoms with Crippen LogP contribution >= 0.6 is 11.6 Å². The molecule has 2 aromatic rings. The van der Waals surface area contributed by atoms with Gasteiger partial charge < -0.3 is 5.32 Å². The molecule has 0 aliphatic rings. The maximum Gasteiger partial charge on any atom is 0.125 e. The Bertz CT molecular complexity index is 532. The lowest BCUT2D eigenvalue weighted by Crippen LogP contribution is -2.12. The smallest absolute Gasteiger partial charge is 0.125 e. The molecule has 0 spiro atoms. The lowest BCUT2D eigenvalue weighted by molar-refractivity contribution is 0.619. The Morgan fingerprint density at radius 2 is 2.17 bits per heavy atom. The third kappa shape index (κ3) is 2.89. The minimum absolute atomic E-state index is 0.273. The molecular weight excluding hydrogens is 253 g/mol. The largest absolute Gasteiger partial charge is 0.313 e. The third-order valence-corrected chi connectivity index (χ3v) is 3.00. The van der Waals surface area contributed by atoms with Crippen molar-refractivity contribution in [3.05, 3.63) is 46.5 Å². The van der Waals surface area contributed by atoms with Gasteiger partial charge in [-0.15, -0.1) is 0 Å². The average Bonchev–Trinajstić information content (AvgIpc) is 2.66. The zero-order chi connectivity index (χ0) is 13.1. The Morgan fingerprint density at radius 1 is 1.39 bits per heavy atom. The molecule has 18 heavy (non-hydrogen) atoms. The van der Waals surface area contributed by atoms with E-state index in [2.05, 4.69) is 10.4 Å². The maximum absolute atomic E-state index is 13.5. The van der Waals surface area contributed by atoms with Gasteiger partial charge in [0, 0.05) is 12.7 Å². The minimum Gasteiger partial charge on any atom is -0.313 e. The van der Waals surface area contributed by atoms with Crippen LogP contribution in [0.1, 0.15) is 18.2 Å². The first-order chi connectivity index (χ1) is 8.60. The summed E-state index contributed by atoms with van der Waals surface area (Å²) in [6.07, 6.45) is 1.68. The van der Waals surface area contributed by atoms with Crippen LogP contribution in [0, 0.1) is 12.7 Å². The summed E-state index contributed by atoms with van der Waals surface area (Å²) in [6, 6.07) is 4.86. The summed E-state index contributed by atoms with van der Waals surface area (Å²) in [7, 11) is 0. The van der Waals surface area contributed by atoms with E-state index in [9.17, 15) is 4.39 Å². The van der Waals surface area contributed by atoms with Crippen molar-refractivity contribution in [2.45, 2.75) is 20.4 Å². The minimum atomic E-state index is -0.273. The molecule has 0 aliphatic carbocycles. The van der Waals surface area contributed by atoms with Crippen molar-refractivity contribution in [2.24, 2.45) is 0 Å². The molecule has 5 heteroatoms. The number of nitrogens with zero attached hydrogens (tertiary/aromatic N) is 2. The molecule has 3 nitrogen and oxygen atoms in total. The summed E-state index contributed by atoms with van der Waals surface area (Å²) >= 11 is 5.95. The fourth-order valence-corrected chi connectivity index (χ4v) is 1.84. The predicted molar refractivity (Wildman–Crippen MR) is 70.6 cm³/mol. The van der Waals surface area contributed by atoms with Crippen molar-refractivity contribution in [3.63, 3.8) is 0 Å². The fraction of sp³-hybridized carbons (Fsp3) is 0.308. The van der Waals surface area contributed by atoms with E-state index in [4.69, 9.17) is 11.6 Å². The third-order valence-electron chi connectivity index (χ3n) is 2.62. The lowest BCUT2D eigenvalue weighted by Gasteiger charge is -2.06. The number of hydrogen-bond acceptors (Lipinski definition) is 2. The molecule has 0 fully saturated rings. The van der Waals surface area contributed by atoms with Crippen LogP contribution in [0.3, 0.4) is 0 Å². The maximum atomic E-state index is 13.5. The van der Waals surface area contributed by atoms with Crippen molar-refractivity contribution in [3.8, 4) is 5.69 Å². The van der Waals surface area contributed by atoms with Gasteiger partial charge in [-0.2, -0.15) is 5.10 Å². The second kappa shape index (κ2) is 5.50. The molecule has 0 atom stereocenters. The predicted octanol–water partition coefficient (Wildman–Crippen LogP) is 3.08. The number of hydrogen-bond donors (Lipinski definition) is 1. The summed E-state index contributed by atoms with van der Waals surface area (Å²) in [5.41, 5.74) is 2.29. The van der Waals surface area contributed by atoms with Crippen LogP contribution in [0.2, 0.25) is 5.02 Å². The van der Waals surface area contributed by atoms with Crippen LogP contribution in [0.5, 0.6) is 0 Å². The van der Waals surface area contributed by atoms with Gasteiger partial charge in [0.1, 0.15) is 5.82 Å². The van der Waals surface area contributed by atoms with Crippen molar-refractivity contribution < 1.29 is 4.39 Å². The van der Waals surface area contributed by atoms with E-state index < -0.39 is 0 Å². The highest BCUT2D eigenvalue weighted by Crippen LogP contribution is 2.18. The molecule has 0 radical (unpaired) electrons. The van der Waals surface area contributed by atoms with Gasteiger partial charge in [0.25, 0.3) is 0 Å². The van der Waals surface area contributed by atoms with E-state index in [-0.39, 0.29) is 5.82 Å². The van der Waals surface area contributed by atoms with Crippen molar-refractivity contribution in [1.29, 1.82) is 0 Å². The van der Waals surface area contributed by atoms with E-state index in [0.29, 0.717) is 17.3 Å². The summed E-state index contributed by atoms with van der Waals surface area (Å²) < 4.78 is 15.1. The number of nitrogens with one attached hydrogen (secondary N) is 1. The van der Waals surface area contributed by atoms with Gasteiger partial charge in [-0.1, -0.05) is 18.5 Å². The van der Waals surface area contributed by atoms with Crippen molar-refractivity contribution in [1.82, 2.24) is 15.1 Å². The van der Waals surface area contributed by atoms with E-state index >= 15 is 0 Å². The standard InChI is InChI=1S/C13H15ClFN3/c1-3-16-7-10-4-11(15)6-12(5-10)18-8-13(14)9(2)17-18/h4-6,8,16H,3,7H2,1-2H3. The lowest BCUT2D eigenvalue weighted by atomic mass is 10.2. The molecule has 2 rings (SSSR count). The molecule has 0 unspecified atom stereocenters. The molecule has 0 bridgehead atoms. The molecule has 1 N–H and O–H groups in total. The van der Waals surface area contributed by atoms with Gasteiger partial charge in [0.15, 0.2) is 0 Å². The van der Waals surface area contributed by atoms with Crippen LogP contribution in [0.15, 0.2) is 24.4 Å².